The standard InChI is InChI=1S/C24H31NO4/c1-14(2)13-29-23(27)20-15(3)25-18-11-24(4,5)12-19(26)22(18)21(20)16-7-9-17(28-6)10-8-16/h7-10,14,21,25H,11-13H2,1-6H3. The number of methoxy groups -OCH3 is 1. The third-order valence-electron chi connectivity index (χ3n) is 5.46. The lowest BCUT2D eigenvalue weighted by atomic mass is 9.68. The van der Waals surface area contributed by atoms with Crippen LogP contribution in [0.25, 0.3) is 0 Å². The molecule has 1 aliphatic carbocycles. The summed E-state index contributed by atoms with van der Waals surface area (Å²) in [4.78, 5) is 26.2. The molecule has 1 aromatic rings. The molecule has 1 aliphatic heterocycles. The number of ketones is 1. The summed E-state index contributed by atoms with van der Waals surface area (Å²) in [6, 6.07) is 7.58. The molecule has 1 atom stereocenters. The number of dihydropyridines is 1. The van der Waals surface area contributed by atoms with E-state index in [1.807, 2.05) is 45.0 Å². The predicted molar refractivity (Wildman–Crippen MR) is 112 cm³/mol. The molecule has 0 bridgehead atoms. The number of benzene rings is 1. The van der Waals surface area contributed by atoms with Gasteiger partial charge in [0.2, 0.25) is 0 Å². The fourth-order valence-electron chi connectivity index (χ4n) is 4.16. The Hall–Kier alpha value is -2.56. The van der Waals surface area contributed by atoms with E-state index >= 15 is 0 Å². The van der Waals surface area contributed by atoms with Crippen LogP contribution in [0.2, 0.25) is 0 Å². The molecule has 1 unspecified atom stereocenters. The van der Waals surface area contributed by atoms with Crippen LogP contribution < -0.4 is 10.1 Å². The van der Waals surface area contributed by atoms with Crippen molar-refractivity contribution in [3.63, 3.8) is 0 Å². The van der Waals surface area contributed by atoms with Crippen molar-refractivity contribution in [1.82, 2.24) is 5.32 Å². The van der Waals surface area contributed by atoms with E-state index in [1.165, 1.54) is 0 Å². The Labute approximate surface area is 173 Å². The Bertz CT molecular complexity index is 875. The van der Waals surface area contributed by atoms with E-state index in [0.29, 0.717) is 24.2 Å². The predicted octanol–water partition coefficient (Wildman–Crippen LogP) is 4.50. The van der Waals surface area contributed by atoms with Gasteiger partial charge >= 0.3 is 5.97 Å². The molecule has 5 nitrogen and oxygen atoms in total. The molecule has 5 heteroatoms. The molecule has 0 saturated heterocycles. The lowest BCUT2D eigenvalue weighted by Crippen LogP contribution is -2.38. The van der Waals surface area contributed by atoms with E-state index in [4.69, 9.17) is 9.47 Å². The van der Waals surface area contributed by atoms with Gasteiger partial charge in [-0.1, -0.05) is 39.8 Å². The summed E-state index contributed by atoms with van der Waals surface area (Å²) in [6.45, 7) is 10.4. The number of nitrogens with one attached hydrogen (secondary N) is 1. The van der Waals surface area contributed by atoms with Gasteiger partial charge in [0.1, 0.15) is 5.75 Å². The van der Waals surface area contributed by atoms with Gasteiger partial charge in [0, 0.05) is 29.3 Å². The molecule has 156 valence electrons. The van der Waals surface area contributed by atoms with E-state index in [0.717, 1.165) is 29.1 Å². The van der Waals surface area contributed by atoms with E-state index in [2.05, 4.69) is 19.2 Å². The van der Waals surface area contributed by atoms with Crippen molar-refractivity contribution < 1.29 is 19.1 Å². The highest BCUT2D eigenvalue weighted by Crippen LogP contribution is 2.46. The summed E-state index contributed by atoms with van der Waals surface area (Å²) >= 11 is 0. The molecule has 0 aromatic heterocycles. The Morgan fingerprint density at radius 2 is 1.86 bits per heavy atom. The average molecular weight is 398 g/mol. The first-order valence-electron chi connectivity index (χ1n) is 10.2. The van der Waals surface area contributed by atoms with E-state index in [9.17, 15) is 9.59 Å². The highest BCUT2D eigenvalue weighted by Gasteiger charge is 2.43. The fourth-order valence-corrected chi connectivity index (χ4v) is 4.16. The summed E-state index contributed by atoms with van der Waals surface area (Å²) in [5.41, 5.74) is 3.67. The summed E-state index contributed by atoms with van der Waals surface area (Å²) in [6.07, 6.45) is 1.24. The topological polar surface area (TPSA) is 64.6 Å². The Morgan fingerprint density at radius 1 is 1.21 bits per heavy atom. The second kappa shape index (κ2) is 8.05. The maximum Gasteiger partial charge on any atom is 0.336 e. The summed E-state index contributed by atoms with van der Waals surface area (Å²) < 4.78 is 10.8. The third kappa shape index (κ3) is 4.39. The quantitative estimate of drug-likeness (QED) is 0.741. The molecule has 1 heterocycles. The van der Waals surface area contributed by atoms with Crippen LogP contribution >= 0.6 is 0 Å². The van der Waals surface area contributed by atoms with Gasteiger partial charge in [0.05, 0.1) is 19.3 Å². The molecular weight excluding hydrogens is 366 g/mol. The summed E-state index contributed by atoms with van der Waals surface area (Å²) in [5, 5.41) is 3.36. The molecule has 29 heavy (non-hydrogen) atoms. The van der Waals surface area contributed by atoms with Gasteiger partial charge in [-0.25, -0.2) is 4.79 Å². The highest BCUT2D eigenvalue weighted by molar-refractivity contribution is 6.04. The first kappa shape index (κ1) is 21.2. The molecule has 0 saturated carbocycles. The minimum atomic E-state index is -0.430. The number of hydrogen-bond donors (Lipinski definition) is 1. The molecule has 1 N–H and O–H groups in total. The number of hydrogen-bond acceptors (Lipinski definition) is 5. The lowest BCUT2D eigenvalue weighted by Gasteiger charge is -2.39. The van der Waals surface area contributed by atoms with Crippen molar-refractivity contribution in [2.75, 3.05) is 13.7 Å². The van der Waals surface area contributed by atoms with Gasteiger partial charge in [-0.3, -0.25) is 4.79 Å². The Kier molecular flexibility index (Phi) is 5.87. The van der Waals surface area contributed by atoms with Gasteiger partial charge in [-0.15, -0.1) is 0 Å². The minimum Gasteiger partial charge on any atom is -0.497 e. The molecule has 0 radical (unpaired) electrons. The zero-order valence-electron chi connectivity index (χ0n) is 18.2. The summed E-state index contributed by atoms with van der Waals surface area (Å²) in [5.74, 6) is 0.265. The van der Waals surface area contributed by atoms with Crippen molar-refractivity contribution >= 4 is 11.8 Å². The molecule has 0 spiro atoms. The van der Waals surface area contributed by atoms with Crippen LogP contribution in [0.4, 0.5) is 0 Å². The number of carbonyl (C=O) groups excluding carboxylic acids is 2. The monoisotopic (exact) mass is 397 g/mol. The van der Waals surface area contributed by atoms with Gasteiger partial charge in [-0.05, 0) is 42.4 Å². The molecule has 0 amide bonds. The van der Waals surface area contributed by atoms with Crippen molar-refractivity contribution in [3.05, 3.63) is 52.4 Å². The van der Waals surface area contributed by atoms with Gasteiger partial charge in [0.25, 0.3) is 0 Å². The van der Waals surface area contributed by atoms with Crippen molar-refractivity contribution in [2.24, 2.45) is 11.3 Å². The van der Waals surface area contributed by atoms with Crippen LogP contribution in [-0.4, -0.2) is 25.5 Å². The van der Waals surface area contributed by atoms with E-state index < -0.39 is 5.92 Å². The van der Waals surface area contributed by atoms with Crippen LogP contribution in [-0.2, 0) is 14.3 Å². The number of Topliss-reactive ketones (excluding diaryl/α,β-unsaturated/α-hetero) is 1. The zero-order valence-corrected chi connectivity index (χ0v) is 18.2. The molecule has 3 rings (SSSR count). The SMILES string of the molecule is COc1ccc(C2C(C(=O)OCC(C)C)=C(C)NC3=C2C(=O)CC(C)(C)C3)cc1. The maximum absolute atomic E-state index is 13.2. The van der Waals surface area contributed by atoms with Crippen LogP contribution in [0, 0.1) is 11.3 Å². The van der Waals surface area contributed by atoms with Crippen molar-refractivity contribution in [2.45, 2.75) is 53.4 Å². The normalized spacial score (nSPS) is 21.1. The number of carbonyl (C=O) groups is 2. The number of esters is 1. The van der Waals surface area contributed by atoms with Crippen molar-refractivity contribution in [1.29, 1.82) is 0 Å². The summed E-state index contributed by atoms with van der Waals surface area (Å²) in [7, 11) is 1.62. The number of rotatable bonds is 5. The average Bonchev–Trinajstić information content (AvgIpc) is 2.64. The highest BCUT2D eigenvalue weighted by atomic mass is 16.5. The lowest BCUT2D eigenvalue weighted by molar-refractivity contribution is -0.140. The Morgan fingerprint density at radius 3 is 2.45 bits per heavy atom. The maximum atomic E-state index is 13.2. The van der Waals surface area contributed by atoms with Gasteiger partial charge in [-0.2, -0.15) is 0 Å². The smallest absolute Gasteiger partial charge is 0.336 e. The first-order valence-corrected chi connectivity index (χ1v) is 10.2. The van der Waals surface area contributed by atoms with Crippen molar-refractivity contribution in [3.8, 4) is 5.75 Å². The van der Waals surface area contributed by atoms with Crippen LogP contribution in [0.3, 0.4) is 0 Å². The number of allylic oxidation sites excluding steroid dienone is 3. The number of ether oxygens (including phenoxy) is 2. The second-order valence-electron chi connectivity index (χ2n) is 9.20. The van der Waals surface area contributed by atoms with Crippen LogP contribution in [0.15, 0.2) is 46.8 Å². The first-order chi connectivity index (χ1) is 13.6. The second-order valence-corrected chi connectivity index (χ2v) is 9.20. The van der Waals surface area contributed by atoms with Gasteiger partial charge < -0.3 is 14.8 Å². The molecule has 0 fully saturated rings. The molecular formula is C24H31NO4. The van der Waals surface area contributed by atoms with Gasteiger partial charge in [0.15, 0.2) is 5.78 Å². The van der Waals surface area contributed by atoms with Crippen LogP contribution in [0.1, 0.15) is 58.9 Å². The molecule has 1 aromatic carbocycles. The fraction of sp³-hybridized carbons (Fsp3) is 0.500. The Balaban J connectivity index is 2.09. The molecule has 2 aliphatic rings. The zero-order chi connectivity index (χ0) is 21.3. The van der Waals surface area contributed by atoms with E-state index in [1.54, 1.807) is 7.11 Å². The van der Waals surface area contributed by atoms with Crippen LogP contribution in [0.5, 0.6) is 5.75 Å². The third-order valence-corrected chi connectivity index (χ3v) is 5.46. The minimum absolute atomic E-state index is 0.0891. The van der Waals surface area contributed by atoms with E-state index in [-0.39, 0.29) is 23.1 Å². The largest absolute Gasteiger partial charge is 0.497 e.